The first-order valence-electron chi connectivity index (χ1n) is 9.47. The van der Waals surface area contributed by atoms with E-state index in [0.717, 1.165) is 10.5 Å². The van der Waals surface area contributed by atoms with Crippen molar-refractivity contribution in [3.05, 3.63) is 59.7 Å². The number of hydrogen-bond donors (Lipinski definition) is 2. The SMILES string of the molecule is COc1ccc(C(=O)NCC(=O)OCC(=O)N(C)CC(=O)Nc2ccc(C)cc2)cc1. The molecule has 0 aromatic heterocycles. The van der Waals surface area contributed by atoms with Gasteiger partial charge >= 0.3 is 5.97 Å². The molecule has 0 saturated heterocycles. The highest BCUT2D eigenvalue weighted by Crippen LogP contribution is 2.11. The van der Waals surface area contributed by atoms with E-state index in [1.807, 2.05) is 19.1 Å². The van der Waals surface area contributed by atoms with Crippen molar-refractivity contribution in [2.45, 2.75) is 6.92 Å². The van der Waals surface area contributed by atoms with Crippen molar-refractivity contribution in [1.82, 2.24) is 10.2 Å². The molecule has 0 radical (unpaired) electrons. The van der Waals surface area contributed by atoms with E-state index in [1.54, 1.807) is 36.4 Å². The smallest absolute Gasteiger partial charge is 0.325 e. The second kappa shape index (κ2) is 11.3. The summed E-state index contributed by atoms with van der Waals surface area (Å²) in [4.78, 5) is 49.0. The van der Waals surface area contributed by atoms with Crippen molar-refractivity contribution in [2.24, 2.45) is 0 Å². The second-order valence-electron chi connectivity index (χ2n) is 6.74. The van der Waals surface area contributed by atoms with Gasteiger partial charge < -0.3 is 25.0 Å². The number of anilines is 1. The zero-order valence-electron chi connectivity index (χ0n) is 17.6. The van der Waals surface area contributed by atoms with E-state index in [4.69, 9.17) is 9.47 Å². The number of methoxy groups -OCH3 is 1. The van der Waals surface area contributed by atoms with Gasteiger partial charge in [0.05, 0.1) is 13.7 Å². The number of benzene rings is 2. The number of nitrogens with zero attached hydrogens (tertiary/aromatic N) is 1. The number of ether oxygens (including phenoxy) is 2. The quantitative estimate of drug-likeness (QED) is 0.585. The van der Waals surface area contributed by atoms with Crippen LogP contribution in [-0.2, 0) is 19.1 Å². The van der Waals surface area contributed by atoms with Gasteiger partial charge in [0.1, 0.15) is 12.3 Å². The first-order chi connectivity index (χ1) is 14.8. The largest absolute Gasteiger partial charge is 0.497 e. The molecule has 0 heterocycles. The Balaban J connectivity index is 1.70. The third kappa shape index (κ3) is 7.81. The Morgan fingerprint density at radius 1 is 0.968 bits per heavy atom. The fraction of sp³-hybridized carbons (Fsp3) is 0.273. The van der Waals surface area contributed by atoms with E-state index in [1.165, 1.54) is 14.2 Å². The average Bonchev–Trinajstić information content (AvgIpc) is 2.77. The predicted octanol–water partition coefficient (Wildman–Crippen LogP) is 1.37. The van der Waals surface area contributed by atoms with Crippen LogP contribution in [0.2, 0.25) is 0 Å². The number of rotatable bonds is 9. The molecule has 2 aromatic rings. The summed E-state index contributed by atoms with van der Waals surface area (Å²) < 4.78 is 9.88. The summed E-state index contributed by atoms with van der Waals surface area (Å²) >= 11 is 0. The van der Waals surface area contributed by atoms with Gasteiger partial charge in [-0.1, -0.05) is 17.7 Å². The molecule has 9 heteroatoms. The van der Waals surface area contributed by atoms with E-state index in [2.05, 4.69) is 10.6 Å². The van der Waals surface area contributed by atoms with Gasteiger partial charge in [-0.15, -0.1) is 0 Å². The monoisotopic (exact) mass is 427 g/mol. The fourth-order valence-electron chi connectivity index (χ4n) is 2.44. The first-order valence-corrected chi connectivity index (χ1v) is 9.47. The van der Waals surface area contributed by atoms with E-state index < -0.39 is 30.9 Å². The lowest BCUT2D eigenvalue weighted by atomic mass is 10.2. The van der Waals surface area contributed by atoms with E-state index >= 15 is 0 Å². The van der Waals surface area contributed by atoms with Crippen LogP contribution in [0.3, 0.4) is 0 Å². The summed E-state index contributed by atoms with van der Waals surface area (Å²) in [6, 6.07) is 13.6. The zero-order chi connectivity index (χ0) is 22.8. The number of aryl methyl sites for hydroxylation is 1. The van der Waals surface area contributed by atoms with Gasteiger partial charge in [0, 0.05) is 18.3 Å². The molecule has 0 spiro atoms. The van der Waals surface area contributed by atoms with Gasteiger partial charge in [-0.05, 0) is 43.3 Å². The van der Waals surface area contributed by atoms with Crippen LogP contribution in [0, 0.1) is 6.92 Å². The maximum Gasteiger partial charge on any atom is 0.325 e. The molecule has 31 heavy (non-hydrogen) atoms. The summed E-state index contributed by atoms with van der Waals surface area (Å²) in [5.74, 6) is -1.55. The summed E-state index contributed by atoms with van der Waals surface area (Å²) in [5.41, 5.74) is 2.03. The number of likely N-dealkylation sites (N-methyl/N-ethyl adjacent to an activating group) is 1. The fourth-order valence-corrected chi connectivity index (χ4v) is 2.44. The molecule has 164 valence electrons. The van der Waals surface area contributed by atoms with Gasteiger partial charge in [-0.3, -0.25) is 19.2 Å². The van der Waals surface area contributed by atoms with Crippen LogP contribution in [0.15, 0.2) is 48.5 Å². The summed E-state index contributed by atoms with van der Waals surface area (Å²) in [6.45, 7) is 0.809. The lowest BCUT2D eigenvalue weighted by Gasteiger charge is -2.17. The van der Waals surface area contributed by atoms with Crippen LogP contribution in [0.4, 0.5) is 5.69 Å². The molecule has 0 unspecified atom stereocenters. The Morgan fingerprint density at radius 2 is 1.61 bits per heavy atom. The van der Waals surface area contributed by atoms with Crippen LogP contribution in [0.1, 0.15) is 15.9 Å². The van der Waals surface area contributed by atoms with Gasteiger partial charge in [0.2, 0.25) is 5.91 Å². The predicted molar refractivity (Wildman–Crippen MR) is 114 cm³/mol. The van der Waals surface area contributed by atoms with Crippen molar-refractivity contribution in [2.75, 3.05) is 39.2 Å². The average molecular weight is 427 g/mol. The summed E-state index contributed by atoms with van der Waals surface area (Å²) in [5, 5.41) is 5.09. The summed E-state index contributed by atoms with van der Waals surface area (Å²) in [7, 11) is 2.94. The van der Waals surface area contributed by atoms with E-state index in [0.29, 0.717) is 17.0 Å². The lowest BCUT2D eigenvalue weighted by Crippen LogP contribution is -2.38. The number of carbonyl (C=O) groups excluding carboxylic acids is 4. The standard InChI is InChI=1S/C22H25N3O6/c1-15-4-8-17(9-5-15)24-19(26)13-25(2)20(27)14-31-21(28)12-23-22(29)16-6-10-18(30-3)11-7-16/h4-11H,12-14H2,1-3H3,(H,23,29)(H,24,26). The number of carbonyl (C=O) groups is 4. The third-order valence-electron chi connectivity index (χ3n) is 4.24. The highest BCUT2D eigenvalue weighted by atomic mass is 16.5. The van der Waals surface area contributed by atoms with Gasteiger partial charge in [0.25, 0.3) is 11.8 Å². The Kier molecular flexibility index (Phi) is 8.56. The van der Waals surface area contributed by atoms with Crippen molar-refractivity contribution < 1.29 is 28.7 Å². The van der Waals surface area contributed by atoms with Crippen molar-refractivity contribution in [3.8, 4) is 5.75 Å². The maximum atomic E-state index is 12.1. The number of hydrogen-bond acceptors (Lipinski definition) is 6. The molecule has 3 amide bonds. The molecule has 0 saturated carbocycles. The van der Waals surface area contributed by atoms with Crippen LogP contribution in [-0.4, -0.2) is 62.4 Å². The first kappa shape index (κ1) is 23.4. The van der Waals surface area contributed by atoms with Crippen molar-refractivity contribution >= 4 is 29.4 Å². The van der Waals surface area contributed by atoms with Gasteiger partial charge in [-0.2, -0.15) is 0 Å². The lowest BCUT2D eigenvalue weighted by molar-refractivity contribution is -0.150. The molecular formula is C22H25N3O6. The molecule has 0 bridgehead atoms. The van der Waals surface area contributed by atoms with Crippen LogP contribution in [0.25, 0.3) is 0 Å². The van der Waals surface area contributed by atoms with Crippen LogP contribution >= 0.6 is 0 Å². The van der Waals surface area contributed by atoms with Gasteiger partial charge in [0.15, 0.2) is 6.61 Å². The number of nitrogens with one attached hydrogen (secondary N) is 2. The highest BCUT2D eigenvalue weighted by Gasteiger charge is 2.16. The Bertz CT molecular complexity index is 925. The minimum Gasteiger partial charge on any atom is -0.497 e. The third-order valence-corrected chi connectivity index (χ3v) is 4.24. The summed E-state index contributed by atoms with van der Waals surface area (Å²) in [6.07, 6.45) is 0. The minimum atomic E-state index is -0.771. The normalized spacial score (nSPS) is 10.0. The Hall–Kier alpha value is -3.88. The van der Waals surface area contributed by atoms with Crippen molar-refractivity contribution in [1.29, 1.82) is 0 Å². The highest BCUT2D eigenvalue weighted by molar-refractivity contribution is 5.96. The molecule has 9 nitrogen and oxygen atoms in total. The second-order valence-corrected chi connectivity index (χ2v) is 6.74. The topological polar surface area (TPSA) is 114 Å². The molecule has 0 fully saturated rings. The zero-order valence-corrected chi connectivity index (χ0v) is 17.6. The molecule has 2 aromatic carbocycles. The molecule has 0 aliphatic heterocycles. The molecule has 0 aliphatic carbocycles. The molecule has 2 N–H and O–H groups in total. The molecule has 2 rings (SSSR count). The van der Waals surface area contributed by atoms with Crippen LogP contribution < -0.4 is 15.4 Å². The molecule has 0 atom stereocenters. The Morgan fingerprint density at radius 3 is 2.23 bits per heavy atom. The number of esters is 1. The molecule has 0 aliphatic rings. The maximum absolute atomic E-state index is 12.1. The van der Waals surface area contributed by atoms with Gasteiger partial charge in [-0.25, -0.2) is 0 Å². The van der Waals surface area contributed by atoms with E-state index in [-0.39, 0.29) is 12.5 Å². The van der Waals surface area contributed by atoms with Crippen molar-refractivity contribution in [3.63, 3.8) is 0 Å². The number of amides is 3. The van der Waals surface area contributed by atoms with Crippen LogP contribution in [0.5, 0.6) is 5.75 Å². The van der Waals surface area contributed by atoms with E-state index in [9.17, 15) is 19.2 Å². The molecular weight excluding hydrogens is 402 g/mol. The minimum absolute atomic E-state index is 0.196. The Labute approximate surface area is 180 Å².